The molecular weight excluding hydrogens is 241 g/mol. The van der Waals surface area contributed by atoms with Gasteiger partial charge >= 0.3 is 0 Å². The van der Waals surface area contributed by atoms with Crippen LogP contribution in [0.2, 0.25) is 0 Å². The van der Waals surface area contributed by atoms with Crippen molar-refractivity contribution in [3.05, 3.63) is 29.1 Å². The minimum atomic E-state index is -0.183. The van der Waals surface area contributed by atoms with Gasteiger partial charge in [-0.3, -0.25) is 0 Å². The Morgan fingerprint density at radius 3 is 2.68 bits per heavy atom. The summed E-state index contributed by atoms with van der Waals surface area (Å²) in [6, 6.07) is 5.70. The van der Waals surface area contributed by atoms with Crippen LogP contribution in [-0.2, 0) is 0 Å². The molecule has 0 amide bonds. The van der Waals surface area contributed by atoms with E-state index >= 15 is 0 Å². The van der Waals surface area contributed by atoms with Gasteiger partial charge in [-0.15, -0.1) is 0 Å². The van der Waals surface area contributed by atoms with Gasteiger partial charge in [0.15, 0.2) is 0 Å². The molecule has 19 heavy (non-hydrogen) atoms. The zero-order valence-corrected chi connectivity index (χ0v) is 12.1. The first-order valence-electron chi connectivity index (χ1n) is 6.64. The molecule has 0 aliphatic carbocycles. The van der Waals surface area contributed by atoms with Gasteiger partial charge in [0.2, 0.25) is 0 Å². The van der Waals surface area contributed by atoms with Crippen LogP contribution in [0.25, 0.3) is 0 Å². The van der Waals surface area contributed by atoms with E-state index in [0.717, 1.165) is 17.8 Å². The number of anilines is 1. The number of benzene rings is 1. The molecule has 1 unspecified atom stereocenters. The molecular formula is C15H22FN3. The van der Waals surface area contributed by atoms with Crippen molar-refractivity contribution in [1.29, 1.82) is 5.26 Å². The summed E-state index contributed by atoms with van der Waals surface area (Å²) < 4.78 is 13.8. The lowest BCUT2D eigenvalue weighted by Gasteiger charge is -2.27. The van der Waals surface area contributed by atoms with Crippen LogP contribution in [0.15, 0.2) is 12.1 Å². The minimum absolute atomic E-state index is 0.0706. The molecule has 1 N–H and O–H groups in total. The minimum Gasteiger partial charge on any atom is -0.370 e. The van der Waals surface area contributed by atoms with E-state index in [0.29, 0.717) is 18.5 Å². The third kappa shape index (κ3) is 3.68. The fraction of sp³-hybridized carbons (Fsp3) is 0.533. The van der Waals surface area contributed by atoms with E-state index in [-0.39, 0.29) is 11.9 Å². The first-order chi connectivity index (χ1) is 9.04. The molecule has 4 heteroatoms. The fourth-order valence-corrected chi connectivity index (χ4v) is 2.09. The summed E-state index contributed by atoms with van der Waals surface area (Å²) in [4.78, 5) is 2.12. The molecule has 1 rings (SSSR count). The van der Waals surface area contributed by atoms with E-state index in [1.165, 1.54) is 0 Å². The molecule has 0 heterocycles. The van der Waals surface area contributed by atoms with Crippen molar-refractivity contribution in [3.63, 3.8) is 0 Å². The molecule has 1 aromatic carbocycles. The summed E-state index contributed by atoms with van der Waals surface area (Å²) >= 11 is 0. The Balaban J connectivity index is 3.22. The van der Waals surface area contributed by atoms with Gasteiger partial charge in [-0.25, -0.2) is 4.39 Å². The van der Waals surface area contributed by atoms with Crippen molar-refractivity contribution in [2.24, 2.45) is 0 Å². The van der Waals surface area contributed by atoms with E-state index in [9.17, 15) is 4.39 Å². The molecule has 0 saturated heterocycles. The van der Waals surface area contributed by atoms with Crippen LogP contribution in [0.5, 0.6) is 0 Å². The molecule has 0 spiro atoms. The quantitative estimate of drug-likeness (QED) is 0.857. The Hall–Kier alpha value is -1.60. The fourth-order valence-electron chi connectivity index (χ4n) is 2.09. The molecule has 104 valence electrons. The second-order valence-corrected chi connectivity index (χ2v) is 4.66. The van der Waals surface area contributed by atoms with Crippen molar-refractivity contribution in [2.45, 2.75) is 33.2 Å². The van der Waals surface area contributed by atoms with Crippen molar-refractivity contribution < 1.29 is 4.39 Å². The molecule has 1 aromatic rings. The third-order valence-corrected chi connectivity index (χ3v) is 3.42. The Morgan fingerprint density at radius 2 is 2.16 bits per heavy atom. The molecule has 0 aliphatic rings. The highest BCUT2D eigenvalue weighted by atomic mass is 19.1. The second kappa shape index (κ2) is 7.10. The summed E-state index contributed by atoms with van der Waals surface area (Å²) in [5.74, 6) is -0.183. The molecule has 0 aromatic heterocycles. The van der Waals surface area contributed by atoms with Crippen LogP contribution in [0.4, 0.5) is 10.1 Å². The van der Waals surface area contributed by atoms with Crippen LogP contribution in [-0.4, -0.2) is 20.1 Å². The van der Waals surface area contributed by atoms with E-state index in [1.54, 1.807) is 13.0 Å². The number of hydrogen-bond acceptors (Lipinski definition) is 3. The standard InChI is InChI=1S/C15H22FN3/c1-5-19(8-6-7-17)15-9-11(2)14(16)10-13(15)12(3)18-4/h9-10,12,18H,5-6,8H2,1-4H3. The molecule has 0 fully saturated rings. The zero-order chi connectivity index (χ0) is 14.4. The number of rotatable bonds is 6. The maximum atomic E-state index is 13.8. The molecule has 0 bridgehead atoms. The van der Waals surface area contributed by atoms with Crippen LogP contribution < -0.4 is 10.2 Å². The highest BCUT2D eigenvalue weighted by molar-refractivity contribution is 5.57. The molecule has 0 aliphatic heterocycles. The van der Waals surface area contributed by atoms with Gasteiger partial charge in [-0.05, 0) is 51.1 Å². The van der Waals surface area contributed by atoms with E-state index < -0.39 is 0 Å². The number of nitrogens with zero attached hydrogens (tertiary/aromatic N) is 2. The maximum absolute atomic E-state index is 13.8. The Bertz CT molecular complexity index is 465. The van der Waals surface area contributed by atoms with Crippen molar-refractivity contribution in [2.75, 3.05) is 25.0 Å². The SMILES string of the molecule is CCN(CCC#N)c1cc(C)c(F)cc1C(C)NC. The van der Waals surface area contributed by atoms with Crippen molar-refractivity contribution in [1.82, 2.24) is 5.32 Å². The average Bonchev–Trinajstić information content (AvgIpc) is 2.42. The normalized spacial score (nSPS) is 12.0. The second-order valence-electron chi connectivity index (χ2n) is 4.66. The van der Waals surface area contributed by atoms with E-state index in [1.807, 2.05) is 27.0 Å². The summed E-state index contributed by atoms with van der Waals surface area (Å²) in [7, 11) is 1.86. The summed E-state index contributed by atoms with van der Waals surface area (Å²) in [5, 5.41) is 11.9. The van der Waals surface area contributed by atoms with Crippen LogP contribution >= 0.6 is 0 Å². The Labute approximate surface area is 115 Å². The number of halogens is 1. The zero-order valence-electron chi connectivity index (χ0n) is 12.1. The van der Waals surface area contributed by atoms with Gasteiger partial charge < -0.3 is 10.2 Å². The smallest absolute Gasteiger partial charge is 0.126 e. The van der Waals surface area contributed by atoms with E-state index in [4.69, 9.17) is 5.26 Å². The van der Waals surface area contributed by atoms with Crippen molar-refractivity contribution >= 4 is 5.69 Å². The highest BCUT2D eigenvalue weighted by Gasteiger charge is 2.16. The van der Waals surface area contributed by atoms with Gasteiger partial charge in [0, 0.05) is 24.8 Å². The molecule has 0 saturated carbocycles. The van der Waals surface area contributed by atoms with Crippen molar-refractivity contribution in [3.8, 4) is 6.07 Å². The third-order valence-electron chi connectivity index (χ3n) is 3.42. The average molecular weight is 263 g/mol. The number of hydrogen-bond donors (Lipinski definition) is 1. The van der Waals surface area contributed by atoms with Gasteiger partial charge in [0.25, 0.3) is 0 Å². The predicted octanol–water partition coefficient (Wildman–Crippen LogP) is 3.15. The van der Waals surface area contributed by atoms with Gasteiger partial charge in [-0.1, -0.05) is 0 Å². The lowest BCUT2D eigenvalue weighted by molar-refractivity contribution is 0.599. The number of aryl methyl sites for hydroxylation is 1. The van der Waals surface area contributed by atoms with Crippen LogP contribution in [0, 0.1) is 24.1 Å². The van der Waals surface area contributed by atoms with Gasteiger partial charge in [0.1, 0.15) is 5.82 Å². The summed E-state index contributed by atoms with van der Waals surface area (Å²) in [5.41, 5.74) is 2.58. The lowest BCUT2D eigenvalue weighted by Crippen LogP contribution is -2.27. The van der Waals surface area contributed by atoms with E-state index in [2.05, 4.69) is 16.3 Å². The van der Waals surface area contributed by atoms with Gasteiger partial charge in [0.05, 0.1) is 12.5 Å². The lowest BCUT2D eigenvalue weighted by atomic mass is 10.0. The Kier molecular flexibility index (Phi) is 5.78. The maximum Gasteiger partial charge on any atom is 0.126 e. The number of nitriles is 1. The Morgan fingerprint density at radius 1 is 1.47 bits per heavy atom. The van der Waals surface area contributed by atoms with Crippen LogP contribution in [0.1, 0.15) is 37.4 Å². The first kappa shape index (κ1) is 15.5. The summed E-state index contributed by atoms with van der Waals surface area (Å²) in [6.45, 7) is 7.29. The summed E-state index contributed by atoms with van der Waals surface area (Å²) in [6.07, 6.45) is 0.470. The highest BCUT2D eigenvalue weighted by Crippen LogP contribution is 2.29. The topological polar surface area (TPSA) is 39.1 Å². The first-order valence-corrected chi connectivity index (χ1v) is 6.64. The molecule has 3 nitrogen and oxygen atoms in total. The van der Waals surface area contributed by atoms with Crippen LogP contribution in [0.3, 0.4) is 0 Å². The van der Waals surface area contributed by atoms with Gasteiger partial charge in [-0.2, -0.15) is 5.26 Å². The largest absolute Gasteiger partial charge is 0.370 e. The molecule has 0 radical (unpaired) electrons. The molecule has 1 atom stereocenters. The predicted molar refractivity (Wildman–Crippen MR) is 76.7 cm³/mol. The monoisotopic (exact) mass is 263 g/mol. The number of nitrogens with one attached hydrogen (secondary N) is 1.